The van der Waals surface area contributed by atoms with Crippen molar-refractivity contribution in [3.63, 3.8) is 0 Å². The minimum absolute atomic E-state index is 0.0218. The van der Waals surface area contributed by atoms with Crippen LogP contribution in [0.15, 0.2) is 84.4 Å². The zero-order chi connectivity index (χ0) is 84.0. The standard InChI is InChI=1S/C36H59ClN5O6P.C36H60N5O7P.C8H11ClN5O4P/c1-2-3-4-5-6-7-8-9-10-11-12-13-14-15-16-20-24-45-27-32(47-26-31-21-18-17-19-22-31)28-48-49(43,44)30-46-25-23-42-29-39-33-34(37)40-36(38)41-35(33)42;1-2-3-4-5-6-7-8-9-10-11-12-13-14-15-16-20-24-45-27-32(47-26-31-21-18-17-19-22-31)28-48-49(43,44)30-46-25-23-41-29-38-33-34(41)39-36(37)40-35(33)42;9-6-5-7(13-8(10)12-6)14(3-11-5)1-2-18-4-19(15,16)17/h17-19,21-22,29,32H,2-16,20,23-28,30H2,1H3,(H,43,44)(H2,38,40,41);17-19,21-22,29,32H,2-16,20,23-28,30H2,1H3,(H,43,44)(H3,37,39,40,42);3H,1-2,4H2,(H2,10,12,13)(H2,15,16,17)/t2*32-;/m11./s1. The second kappa shape index (κ2) is 58.9. The molecule has 8 aromatic rings. The van der Waals surface area contributed by atoms with E-state index in [-0.39, 0.29) is 86.5 Å². The highest BCUT2D eigenvalue weighted by atomic mass is 35.5. The Labute approximate surface area is 699 Å². The zero-order valence-electron chi connectivity index (χ0n) is 68.7. The van der Waals surface area contributed by atoms with Crippen molar-refractivity contribution < 1.29 is 75.5 Å². The third-order valence-corrected chi connectivity index (χ3v) is 22.2. The number of nitrogen functional groups attached to an aromatic ring is 3. The quantitative estimate of drug-likeness (QED) is 0.00997. The fourth-order valence-corrected chi connectivity index (χ4v) is 15.1. The molecule has 6 aromatic heterocycles. The van der Waals surface area contributed by atoms with Gasteiger partial charge in [-0.3, -0.25) is 23.5 Å². The van der Waals surface area contributed by atoms with Gasteiger partial charge in [0.25, 0.3) is 5.56 Å². The SMILES string of the molecule is CCCCCCCCCCCCCCCCCCOC[C@H](COP(=O)(O)COCCn1cnc2c(=O)[nH]c(N)nc21)OCc1ccccc1.CCCCCCCCCCCCCCCCCCOC[C@H](COP(=O)(O)COCCn1cnc2c(Cl)nc(N)nc21)OCc1ccccc1.Nc1nc(Cl)c2ncn(CCOCP(=O)(O)O)c2n1. The Morgan fingerprint density at radius 2 is 0.718 bits per heavy atom. The van der Waals surface area contributed by atoms with Gasteiger partial charge in [-0.25, -0.2) is 15.0 Å². The number of aromatic nitrogens is 12. The third-order valence-electron chi connectivity index (χ3n) is 19.0. The van der Waals surface area contributed by atoms with E-state index in [4.69, 9.17) is 92.4 Å². The van der Waals surface area contributed by atoms with Crippen molar-refractivity contribution in [2.24, 2.45) is 0 Å². The summed E-state index contributed by atoms with van der Waals surface area (Å²) in [5, 5.41) is 0.311. The lowest BCUT2D eigenvalue weighted by atomic mass is 10.0. The first-order valence-corrected chi connectivity index (χ1v) is 47.9. The Bertz CT molecular complexity index is 4170. The molecule has 0 aliphatic carbocycles. The van der Waals surface area contributed by atoms with Gasteiger partial charge in [0, 0.05) is 32.8 Å². The number of ether oxygens (including phenoxy) is 7. The predicted molar refractivity (Wildman–Crippen MR) is 459 cm³/mol. The molecule has 0 radical (unpaired) electrons. The summed E-state index contributed by atoms with van der Waals surface area (Å²) in [7, 11) is -12.3. The summed E-state index contributed by atoms with van der Waals surface area (Å²) in [4.78, 5) is 84.6. The molecule has 2 aromatic carbocycles. The van der Waals surface area contributed by atoms with E-state index in [2.05, 4.69) is 58.7 Å². The Morgan fingerprint density at radius 1 is 0.402 bits per heavy atom. The van der Waals surface area contributed by atoms with E-state index in [0.29, 0.717) is 67.5 Å². The minimum atomic E-state index is -4.15. The second-order valence-electron chi connectivity index (χ2n) is 29.3. The molecule has 6 heterocycles. The molecule has 0 bridgehead atoms. The van der Waals surface area contributed by atoms with Crippen LogP contribution in [0.1, 0.15) is 230 Å². The van der Waals surface area contributed by atoms with Crippen molar-refractivity contribution in [1.82, 2.24) is 58.6 Å². The van der Waals surface area contributed by atoms with E-state index < -0.39 is 59.6 Å². The highest BCUT2D eigenvalue weighted by molar-refractivity contribution is 7.52. The summed E-state index contributed by atoms with van der Waals surface area (Å²) >= 11 is 11.9. The number of rotatable bonds is 65. The molecule has 0 aliphatic heterocycles. The van der Waals surface area contributed by atoms with Crippen molar-refractivity contribution in [3.8, 4) is 0 Å². The lowest BCUT2D eigenvalue weighted by Crippen LogP contribution is -2.26. The molecule has 0 aliphatic rings. The molecular formula is C80H130Cl2N15O17P3. The van der Waals surface area contributed by atoms with Crippen molar-refractivity contribution in [3.05, 3.63) is 111 Å². The Kier molecular flexibility index (Phi) is 50.3. The first-order valence-electron chi connectivity index (χ1n) is 41.8. The van der Waals surface area contributed by atoms with Gasteiger partial charge in [0.2, 0.25) is 17.8 Å². The number of nitrogens with zero attached hydrogens (tertiary/aromatic N) is 11. The van der Waals surface area contributed by atoms with Crippen molar-refractivity contribution in [2.75, 3.05) is 95.7 Å². The molecule has 0 saturated carbocycles. The molecule has 2 unspecified atom stereocenters. The monoisotopic (exact) mass is 1740 g/mol. The van der Waals surface area contributed by atoms with Crippen molar-refractivity contribution in [2.45, 2.75) is 264 Å². The second-order valence-corrected chi connectivity index (χ2v) is 35.1. The van der Waals surface area contributed by atoms with Gasteiger partial charge in [-0.05, 0) is 24.0 Å². The number of hydrogen-bond donors (Lipinski definition) is 8. The Morgan fingerprint density at radius 3 is 1.06 bits per heavy atom. The number of anilines is 3. The molecule has 117 heavy (non-hydrogen) atoms. The number of nitrogens with one attached hydrogen (secondary N) is 1. The van der Waals surface area contributed by atoms with Gasteiger partial charge in [0.1, 0.15) is 42.3 Å². The molecule has 8 rings (SSSR count). The first-order chi connectivity index (χ1) is 56.6. The van der Waals surface area contributed by atoms with E-state index in [1.807, 2.05) is 60.7 Å². The Hall–Kier alpha value is -5.96. The highest BCUT2D eigenvalue weighted by Gasteiger charge is 2.26. The summed E-state index contributed by atoms with van der Waals surface area (Å²) in [6.07, 6.45) is 44.1. The lowest BCUT2D eigenvalue weighted by molar-refractivity contribution is -0.0477. The van der Waals surface area contributed by atoms with E-state index in [0.717, 1.165) is 36.8 Å². The van der Waals surface area contributed by atoms with Crippen LogP contribution in [0.3, 0.4) is 0 Å². The van der Waals surface area contributed by atoms with Gasteiger partial charge >= 0.3 is 22.8 Å². The first kappa shape index (κ1) is 99.9. The number of nitrogens with two attached hydrogens (primary N) is 3. The topological polar surface area (TPSA) is 444 Å². The number of fused-ring (bicyclic) bond motifs is 3. The molecule has 0 amide bonds. The summed E-state index contributed by atoms with van der Waals surface area (Å²) < 4.78 is 91.4. The largest absolute Gasteiger partial charge is 0.379 e. The van der Waals surface area contributed by atoms with Gasteiger partial charge in [-0.1, -0.05) is 290 Å². The smallest absolute Gasteiger partial charge is 0.353 e. The van der Waals surface area contributed by atoms with Crippen LogP contribution in [0.4, 0.5) is 17.8 Å². The van der Waals surface area contributed by atoms with Gasteiger partial charge in [0.05, 0.1) is 78.4 Å². The average molecular weight is 1740 g/mol. The number of hydrogen-bond acceptors (Lipinski definition) is 24. The van der Waals surface area contributed by atoms with Crippen LogP contribution in [-0.4, -0.2) is 169 Å². The normalized spacial score (nSPS) is 13.4. The van der Waals surface area contributed by atoms with Crippen LogP contribution in [0.5, 0.6) is 0 Å². The van der Waals surface area contributed by atoms with Crippen molar-refractivity contribution >= 4 is 97.3 Å². The third kappa shape index (κ3) is 43.9. The van der Waals surface area contributed by atoms with Crippen molar-refractivity contribution in [1.29, 1.82) is 0 Å². The maximum atomic E-state index is 12.7. The van der Waals surface area contributed by atoms with E-state index in [1.54, 1.807) is 13.7 Å². The number of benzene rings is 2. The number of H-pyrrole nitrogens is 1. The Balaban J connectivity index is 0.000000297. The number of unbranched alkanes of at least 4 members (excludes halogenated alkanes) is 30. The van der Waals surface area contributed by atoms with Gasteiger partial charge in [0.15, 0.2) is 32.8 Å². The fourth-order valence-electron chi connectivity index (χ4n) is 12.6. The lowest BCUT2D eigenvalue weighted by Gasteiger charge is -2.20. The van der Waals surface area contributed by atoms with Gasteiger partial charge in [-0.15, -0.1) is 0 Å². The van der Waals surface area contributed by atoms with Crippen LogP contribution in [0, 0.1) is 0 Å². The minimum Gasteiger partial charge on any atom is -0.379 e. The van der Waals surface area contributed by atoms with E-state index in [1.165, 1.54) is 199 Å². The molecule has 32 nitrogen and oxygen atoms in total. The van der Waals surface area contributed by atoms with Crippen LogP contribution in [-0.2, 0) is 88.7 Å². The zero-order valence-corrected chi connectivity index (χ0v) is 72.8. The maximum absolute atomic E-state index is 12.7. The van der Waals surface area contributed by atoms with Crippen LogP contribution in [0.2, 0.25) is 10.3 Å². The molecular weight excluding hydrogens is 1610 g/mol. The summed E-state index contributed by atoms with van der Waals surface area (Å²) in [6, 6.07) is 19.5. The fraction of sp³-hybridized carbons (Fsp3) is 0.662. The molecule has 0 fully saturated rings. The van der Waals surface area contributed by atoms with Crippen LogP contribution < -0.4 is 22.8 Å². The predicted octanol–water partition coefficient (Wildman–Crippen LogP) is 17.1. The molecule has 11 N–H and O–H groups in total. The molecule has 37 heteroatoms. The molecule has 0 spiro atoms. The summed E-state index contributed by atoms with van der Waals surface area (Å²) in [6.45, 7) is 7.96. The molecule has 656 valence electrons. The maximum Gasteiger partial charge on any atom is 0.353 e. The molecule has 4 atom stereocenters. The van der Waals surface area contributed by atoms with E-state index >= 15 is 0 Å². The average Bonchev–Trinajstić information content (AvgIpc) is 1.68. The van der Waals surface area contributed by atoms with Gasteiger partial charge < -0.3 is 92.7 Å². The summed E-state index contributed by atoms with van der Waals surface area (Å²) in [5.41, 5.74) is 20.6. The van der Waals surface area contributed by atoms with Crippen LogP contribution >= 0.6 is 46.0 Å². The van der Waals surface area contributed by atoms with E-state index in [9.17, 15) is 28.3 Å². The number of halogens is 2. The van der Waals surface area contributed by atoms with Gasteiger partial charge in [-0.2, -0.15) is 24.9 Å². The number of aromatic amines is 1. The molecule has 0 saturated heterocycles. The highest BCUT2D eigenvalue weighted by Crippen LogP contribution is 2.43. The van der Waals surface area contributed by atoms with Crippen LogP contribution in [0.25, 0.3) is 33.5 Å². The number of imidazole rings is 3. The summed E-state index contributed by atoms with van der Waals surface area (Å²) in [5.74, 6) is 0.0355.